The van der Waals surface area contributed by atoms with Crippen LogP contribution in [0.5, 0.6) is 11.5 Å². The molecule has 0 fully saturated rings. The molecule has 1 aliphatic heterocycles. The zero-order valence-corrected chi connectivity index (χ0v) is 41.1. The number of fused-ring (bicyclic) bond motifs is 4. The van der Waals surface area contributed by atoms with Crippen LogP contribution in [0.2, 0.25) is 0 Å². The molecule has 5 aromatic rings. The van der Waals surface area contributed by atoms with Gasteiger partial charge < -0.3 is 0 Å². The van der Waals surface area contributed by atoms with Gasteiger partial charge in [-0.2, -0.15) is 0 Å². The standard InChI is InChI=1S/C35H28Si.2C11H16O.Zr/c1-23-16-18-30-28-14-8-6-12-26(28)20-32(30)34(23)36(22-25-10-4-3-5-11-25)35-24(2)17-19-31-29-15-9-7-13-27(29)21-33(31)35;2*1-8-5-6-10(12)9(7-8)11(2,3)4;/h3-19,28-29,36H,22H2,1-2H3;2*5-7,12H,1-4H3;/q;;;+2/p-2. The average molecular weight is 894 g/mol. The number of benzene rings is 5. The first-order chi connectivity index (χ1) is 29.2. The van der Waals surface area contributed by atoms with Gasteiger partial charge in [0.15, 0.2) is 0 Å². The molecular formula is C57H58O2SiZr. The molecule has 2 nitrogen and oxygen atoms in total. The molecule has 61 heavy (non-hydrogen) atoms. The molecule has 0 aromatic heterocycles. The monoisotopic (exact) mass is 892 g/mol. The van der Waals surface area contributed by atoms with Crippen molar-refractivity contribution >= 4 is 25.7 Å². The summed E-state index contributed by atoms with van der Waals surface area (Å²) in [6.07, 6.45) is 18.7. The molecule has 4 aliphatic carbocycles. The molecule has 0 radical (unpaired) electrons. The van der Waals surface area contributed by atoms with Crippen molar-refractivity contribution in [1.82, 2.24) is 0 Å². The van der Waals surface area contributed by atoms with Gasteiger partial charge in [-0.1, -0.05) is 0 Å². The number of hydrogen-bond acceptors (Lipinski definition) is 2. The summed E-state index contributed by atoms with van der Waals surface area (Å²) in [5, 5.41) is 3.13. The van der Waals surface area contributed by atoms with Gasteiger partial charge in [-0.25, -0.2) is 0 Å². The number of aryl methyl sites for hydroxylation is 4. The molecule has 4 heteroatoms. The van der Waals surface area contributed by atoms with E-state index in [4.69, 9.17) is 5.63 Å². The Morgan fingerprint density at radius 2 is 1.00 bits per heavy atom. The summed E-state index contributed by atoms with van der Waals surface area (Å²) in [5.41, 5.74) is 17.1. The van der Waals surface area contributed by atoms with Crippen LogP contribution in [0.25, 0.3) is 6.56 Å². The van der Waals surface area contributed by atoms with Crippen molar-refractivity contribution in [3.63, 3.8) is 0 Å². The predicted molar refractivity (Wildman–Crippen MR) is 256 cm³/mol. The number of allylic oxidation sites excluding steroid dienone is 10. The fraction of sp³-hybridized carbons (Fsp3) is 0.263. The van der Waals surface area contributed by atoms with E-state index in [0.29, 0.717) is 0 Å². The summed E-state index contributed by atoms with van der Waals surface area (Å²) < 4.78 is 19.7. The zero-order valence-electron chi connectivity index (χ0n) is 37.5. The van der Waals surface area contributed by atoms with Crippen LogP contribution >= 0.6 is 0 Å². The van der Waals surface area contributed by atoms with Gasteiger partial charge in [0.05, 0.1) is 0 Å². The number of hydrogen-bond donors (Lipinski definition) is 0. The first-order valence-electron chi connectivity index (χ1n) is 22.3. The quantitative estimate of drug-likeness (QED) is 0.158. The minimum atomic E-state index is -5.23. The fourth-order valence-electron chi connectivity index (χ4n) is 11.1. The predicted octanol–water partition coefficient (Wildman–Crippen LogP) is 12.7. The van der Waals surface area contributed by atoms with Crippen LogP contribution in [0.15, 0.2) is 151 Å². The molecule has 2 unspecified atom stereocenters. The van der Waals surface area contributed by atoms with E-state index in [2.05, 4.69) is 209 Å². The van der Waals surface area contributed by atoms with E-state index in [1.165, 1.54) is 78.9 Å². The third-order valence-electron chi connectivity index (χ3n) is 13.8. The normalized spacial score (nSPS) is 20.3. The van der Waals surface area contributed by atoms with Crippen LogP contribution in [-0.4, -0.2) is 8.80 Å². The molecule has 5 aromatic carbocycles. The van der Waals surface area contributed by atoms with E-state index in [1.807, 2.05) is 0 Å². The Kier molecular flexibility index (Phi) is 9.70. The molecule has 0 amide bonds. The van der Waals surface area contributed by atoms with Crippen molar-refractivity contribution in [2.24, 2.45) is 0 Å². The van der Waals surface area contributed by atoms with Crippen molar-refractivity contribution in [2.75, 3.05) is 0 Å². The van der Waals surface area contributed by atoms with Crippen LogP contribution < -0.4 is 16.0 Å². The maximum atomic E-state index is 8.48. The summed E-state index contributed by atoms with van der Waals surface area (Å²) in [5.74, 6) is 2.13. The van der Waals surface area contributed by atoms with Crippen LogP contribution in [0, 0.1) is 27.7 Å². The van der Waals surface area contributed by atoms with Crippen molar-refractivity contribution in [3.8, 4) is 11.5 Å². The zero-order chi connectivity index (χ0) is 42.6. The molecule has 0 bridgehead atoms. The third-order valence-corrected chi connectivity index (χ3v) is 26.0. The van der Waals surface area contributed by atoms with Crippen LogP contribution in [0.4, 0.5) is 0 Å². The molecule has 10 rings (SSSR count). The Labute approximate surface area is 371 Å². The molecular weight excluding hydrogens is 836 g/mol. The Balaban J connectivity index is 1.43. The first-order valence-corrected chi connectivity index (χ1v) is 28.7. The van der Waals surface area contributed by atoms with Gasteiger partial charge in [0.1, 0.15) is 0 Å². The Morgan fingerprint density at radius 1 is 0.541 bits per heavy atom. The third kappa shape index (κ3) is 6.50. The Hall–Kier alpha value is -4.76. The van der Waals surface area contributed by atoms with E-state index in [9.17, 15) is 0 Å². The van der Waals surface area contributed by atoms with E-state index in [0.717, 1.165) is 17.5 Å². The van der Waals surface area contributed by atoms with Crippen LogP contribution in [0.1, 0.15) is 115 Å². The molecule has 0 saturated heterocycles. The van der Waals surface area contributed by atoms with Gasteiger partial charge in [0, 0.05) is 0 Å². The van der Waals surface area contributed by atoms with Crippen molar-refractivity contribution < 1.29 is 26.8 Å². The van der Waals surface area contributed by atoms with E-state index >= 15 is 0 Å². The van der Waals surface area contributed by atoms with Gasteiger partial charge in [0.25, 0.3) is 0 Å². The molecule has 2 atom stereocenters. The fourth-order valence-corrected chi connectivity index (χ4v) is 26.0. The van der Waals surface area contributed by atoms with E-state index in [-0.39, 0.29) is 22.7 Å². The maximum absolute atomic E-state index is 8.48. The second-order valence-electron chi connectivity index (χ2n) is 20.2. The second kappa shape index (κ2) is 14.7. The first kappa shape index (κ1) is 40.3. The summed E-state index contributed by atoms with van der Waals surface area (Å²) >= 11 is -5.23. The summed E-state index contributed by atoms with van der Waals surface area (Å²) in [6.45, 7) is 23.1. The SMILES string of the molecule is Cc1ccc([O][Zr]2([O]c3ccc(C)cc3C(C)(C)C)[C]3=C4C=CC=CC4c4ccc(C)c(c43)[SiH](Cc3ccccc3)c3c(C)ccc4c3[C]2=C2C=CC=CC24)c(C(C)(C)C)c1. The average Bonchev–Trinajstić information content (AvgIpc) is 3.74. The summed E-state index contributed by atoms with van der Waals surface area (Å²) in [6, 6.07) is 35.8. The molecule has 1 heterocycles. The molecule has 0 spiro atoms. The summed E-state index contributed by atoms with van der Waals surface area (Å²) in [7, 11) is -2.02. The van der Waals surface area contributed by atoms with Crippen LogP contribution in [0.3, 0.4) is 0 Å². The molecule has 5 aliphatic rings. The van der Waals surface area contributed by atoms with E-state index in [1.54, 1.807) is 10.4 Å². The van der Waals surface area contributed by atoms with E-state index < -0.39 is 29.9 Å². The van der Waals surface area contributed by atoms with Gasteiger partial charge >= 0.3 is 374 Å². The van der Waals surface area contributed by atoms with Gasteiger partial charge in [-0.3, -0.25) is 0 Å². The molecule has 0 saturated carbocycles. The van der Waals surface area contributed by atoms with Crippen LogP contribution in [-0.2, 0) is 38.0 Å². The van der Waals surface area contributed by atoms with Gasteiger partial charge in [-0.15, -0.1) is 0 Å². The van der Waals surface area contributed by atoms with Crippen molar-refractivity contribution in [3.05, 3.63) is 212 Å². The Morgan fingerprint density at radius 3 is 1.44 bits per heavy atom. The molecule has 0 N–H and O–H groups in total. The number of rotatable bonds is 6. The van der Waals surface area contributed by atoms with Gasteiger partial charge in [-0.05, 0) is 0 Å². The summed E-state index contributed by atoms with van der Waals surface area (Å²) in [4.78, 5) is 0. The second-order valence-corrected chi connectivity index (χ2v) is 29.3. The minimum absolute atomic E-state index is 0.121. The topological polar surface area (TPSA) is 18.5 Å². The van der Waals surface area contributed by atoms with Crippen molar-refractivity contribution in [2.45, 2.75) is 97.9 Å². The van der Waals surface area contributed by atoms with Crippen molar-refractivity contribution in [1.29, 1.82) is 0 Å². The van der Waals surface area contributed by atoms with Gasteiger partial charge in [0.2, 0.25) is 0 Å². The Bertz CT molecular complexity index is 2680. The molecule has 306 valence electrons.